The van der Waals surface area contributed by atoms with Gasteiger partial charge in [-0.3, -0.25) is 9.78 Å². The van der Waals surface area contributed by atoms with Crippen LogP contribution in [0.1, 0.15) is 35.7 Å². The maximum Gasteiger partial charge on any atom is 0.253 e. The van der Waals surface area contributed by atoms with Gasteiger partial charge in [0.2, 0.25) is 0 Å². The summed E-state index contributed by atoms with van der Waals surface area (Å²) in [7, 11) is 1.62. The zero-order valence-corrected chi connectivity index (χ0v) is 22.2. The Morgan fingerprint density at radius 3 is 2.74 bits per heavy atom. The van der Waals surface area contributed by atoms with Crippen molar-refractivity contribution in [3.63, 3.8) is 0 Å². The molecule has 4 aromatic rings. The Morgan fingerprint density at radius 1 is 1.13 bits per heavy atom. The number of amides is 1. The fourth-order valence-corrected chi connectivity index (χ4v) is 4.76. The molecule has 1 aliphatic rings. The van der Waals surface area contributed by atoms with Gasteiger partial charge in [0.1, 0.15) is 29.2 Å². The highest BCUT2D eigenvalue weighted by Gasteiger charge is 2.20. The van der Waals surface area contributed by atoms with Crippen molar-refractivity contribution >= 4 is 17.0 Å². The largest absolute Gasteiger partial charge is 0.489 e. The molecular formula is C31H31N3O5. The Balaban J connectivity index is 1.45. The molecule has 0 unspecified atom stereocenters. The molecule has 8 heteroatoms. The summed E-state index contributed by atoms with van der Waals surface area (Å²) in [4.78, 5) is 19.3. The highest BCUT2D eigenvalue weighted by atomic mass is 16.5. The molecule has 0 spiro atoms. The molecule has 2 aromatic heterocycles. The van der Waals surface area contributed by atoms with Crippen molar-refractivity contribution < 1.29 is 23.4 Å². The molecule has 200 valence electrons. The van der Waals surface area contributed by atoms with E-state index in [4.69, 9.17) is 18.6 Å². The van der Waals surface area contributed by atoms with Crippen molar-refractivity contribution in [1.29, 1.82) is 5.26 Å². The molecule has 3 heterocycles. The van der Waals surface area contributed by atoms with E-state index < -0.39 is 0 Å². The molecule has 0 atom stereocenters. The number of fused-ring (bicyclic) bond motifs is 1. The van der Waals surface area contributed by atoms with Crippen LogP contribution in [0.4, 0.5) is 0 Å². The predicted octanol–water partition coefficient (Wildman–Crippen LogP) is 5.70. The molecule has 0 radical (unpaired) electrons. The lowest BCUT2D eigenvalue weighted by Gasteiger charge is -2.23. The average molecular weight is 526 g/mol. The monoisotopic (exact) mass is 525 g/mol. The number of carbonyl (C=O) groups excluding carboxylic acids is 1. The fraction of sp³-hybridized carbons (Fsp3) is 0.323. The minimum Gasteiger partial charge on any atom is -0.489 e. The van der Waals surface area contributed by atoms with Gasteiger partial charge in [-0.15, -0.1) is 0 Å². The van der Waals surface area contributed by atoms with Crippen LogP contribution in [0.5, 0.6) is 5.75 Å². The molecule has 2 aromatic carbocycles. The SMILES string of the molecule is CCN(CCOC)C(=O)c1cccc(-c2cc3nccc(-c4ccc(OC5CCOCC5)c(C#N)c4)c3o2)c1. The Hall–Kier alpha value is -4.19. The molecule has 0 aliphatic carbocycles. The summed E-state index contributed by atoms with van der Waals surface area (Å²) in [5, 5.41) is 9.83. The van der Waals surface area contributed by atoms with Crippen molar-refractivity contribution in [2.45, 2.75) is 25.9 Å². The van der Waals surface area contributed by atoms with Crippen molar-refractivity contribution in [2.24, 2.45) is 0 Å². The zero-order chi connectivity index (χ0) is 27.2. The van der Waals surface area contributed by atoms with E-state index in [9.17, 15) is 10.1 Å². The Labute approximate surface area is 227 Å². The normalized spacial score (nSPS) is 13.8. The maximum absolute atomic E-state index is 13.1. The van der Waals surface area contributed by atoms with Crippen LogP contribution in [-0.4, -0.2) is 61.9 Å². The van der Waals surface area contributed by atoms with Gasteiger partial charge < -0.3 is 23.5 Å². The quantitative estimate of drug-likeness (QED) is 0.276. The van der Waals surface area contributed by atoms with Crippen molar-refractivity contribution in [3.05, 3.63) is 71.9 Å². The van der Waals surface area contributed by atoms with Crippen molar-refractivity contribution in [3.8, 4) is 34.3 Å². The summed E-state index contributed by atoms with van der Waals surface area (Å²) in [6, 6.07) is 19.0. The number of methoxy groups -OCH3 is 1. The molecule has 8 nitrogen and oxygen atoms in total. The molecule has 0 N–H and O–H groups in total. The van der Waals surface area contributed by atoms with Crippen LogP contribution in [0.25, 0.3) is 33.6 Å². The molecule has 1 amide bonds. The molecule has 0 saturated carbocycles. The third kappa shape index (κ3) is 5.80. The highest BCUT2D eigenvalue weighted by Crippen LogP contribution is 2.36. The first kappa shape index (κ1) is 26.4. The number of ether oxygens (including phenoxy) is 3. The van der Waals surface area contributed by atoms with Gasteiger partial charge in [-0.2, -0.15) is 5.26 Å². The number of rotatable bonds is 9. The number of benzene rings is 2. The minimum atomic E-state index is -0.0570. The van der Waals surface area contributed by atoms with Gasteiger partial charge in [-0.25, -0.2) is 0 Å². The molecular weight excluding hydrogens is 494 g/mol. The van der Waals surface area contributed by atoms with Gasteiger partial charge in [0, 0.05) is 62.0 Å². The van der Waals surface area contributed by atoms with Gasteiger partial charge in [0.15, 0.2) is 5.58 Å². The van der Waals surface area contributed by atoms with Gasteiger partial charge in [-0.05, 0) is 42.8 Å². The number of carbonyl (C=O) groups is 1. The fourth-order valence-electron chi connectivity index (χ4n) is 4.76. The van der Waals surface area contributed by atoms with Crippen LogP contribution >= 0.6 is 0 Å². The number of aromatic nitrogens is 1. The predicted molar refractivity (Wildman–Crippen MR) is 148 cm³/mol. The van der Waals surface area contributed by atoms with Crippen LogP contribution in [-0.2, 0) is 9.47 Å². The lowest BCUT2D eigenvalue weighted by molar-refractivity contribution is 0.0254. The summed E-state index contributed by atoms with van der Waals surface area (Å²) in [6.45, 7) is 4.88. The second kappa shape index (κ2) is 12.1. The van der Waals surface area contributed by atoms with E-state index in [2.05, 4.69) is 11.1 Å². The number of likely N-dealkylation sites (N-methyl/N-ethyl adjacent to an activating group) is 1. The smallest absolute Gasteiger partial charge is 0.253 e. The van der Waals surface area contributed by atoms with Gasteiger partial charge in [-0.1, -0.05) is 18.2 Å². The van der Waals surface area contributed by atoms with Crippen LogP contribution in [0.3, 0.4) is 0 Å². The number of nitrogens with zero attached hydrogens (tertiary/aromatic N) is 3. The Bertz CT molecular complexity index is 1500. The first-order chi connectivity index (χ1) is 19.1. The lowest BCUT2D eigenvalue weighted by Crippen LogP contribution is -2.33. The number of nitriles is 1. The second-order valence-electron chi connectivity index (χ2n) is 9.39. The first-order valence-electron chi connectivity index (χ1n) is 13.2. The molecule has 39 heavy (non-hydrogen) atoms. The molecule has 1 saturated heterocycles. The summed E-state index contributed by atoms with van der Waals surface area (Å²) in [5.41, 5.74) is 4.79. The second-order valence-corrected chi connectivity index (χ2v) is 9.39. The first-order valence-corrected chi connectivity index (χ1v) is 13.2. The van der Waals surface area contributed by atoms with E-state index in [0.717, 1.165) is 29.5 Å². The average Bonchev–Trinajstić information content (AvgIpc) is 3.43. The molecule has 1 fully saturated rings. The van der Waals surface area contributed by atoms with E-state index in [1.165, 1.54) is 0 Å². The third-order valence-electron chi connectivity index (χ3n) is 6.91. The van der Waals surface area contributed by atoms with E-state index in [1.54, 1.807) is 24.3 Å². The zero-order valence-electron chi connectivity index (χ0n) is 22.2. The minimum absolute atomic E-state index is 0.0454. The van der Waals surface area contributed by atoms with Gasteiger partial charge in [0.25, 0.3) is 5.91 Å². The molecule has 1 aliphatic heterocycles. The summed E-state index contributed by atoms with van der Waals surface area (Å²) in [5.74, 6) is 1.13. The van der Waals surface area contributed by atoms with Crippen LogP contribution < -0.4 is 4.74 Å². The number of hydrogen-bond acceptors (Lipinski definition) is 7. The van der Waals surface area contributed by atoms with Crippen LogP contribution in [0.2, 0.25) is 0 Å². The standard InChI is InChI=1S/C31H31N3O5/c1-3-34(13-16-36-2)31(35)23-6-4-5-22(18-23)29-19-27-30(39-29)26(9-12-33-27)21-7-8-28(24(17-21)20-32)38-25-10-14-37-15-11-25/h4-9,12,17-19,25H,3,10-11,13-16H2,1-2H3. The maximum atomic E-state index is 13.1. The van der Waals surface area contributed by atoms with E-state index >= 15 is 0 Å². The summed E-state index contributed by atoms with van der Waals surface area (Å²) in [6.07, 6.45) is 3.39. The third-order valence-corrected chi connectivity index (χ3v) is 6.91. The van der Waals surface area contributed by atoms with E-state index in [1.807, 2.05) is 55.5 Å². The topological polar surface area (TPSA) is 97.8 Å². The van der Waals surface area contributed by atoms with Crippen molar-refractivity contribution in [2.75, 3.05) is 40.0 Å². The Morgan fingerprint density at radius 2 is 1.97 bits per heavy atom. The number of pyridine rings is 1. The van der Waals surface area contributed by atoms with Crippen LogP contribution in [0.15, 0.2) is 65.2 Å². The Kier molecular flexibility index (Phi) is 8.21. The van der Waals surface area contributed by atoms with E-state index in [-0.39, 0.29) is 12.0 Å². The highest BCUT2D eigenvalue weighted by molar-refractivity contribution is 5.96. The number of hydrogen-bond donors (Lipinski definition) is 0. The van der Waals surface area contributed by atoms with E-state index in [0.29, 0.717) is 66.6 Å². The lowest BCUT2D eigenvalue weighted by atomic mass is 10.0. The van der Waals surface area contributed by atoms with Gasteiger partial charge in [0.05, 0.1) is 25.4 Å². The summed E-state index contributed by atoms with van der Waals surface area (Å²) < 4.78 is 23.0. The summed E-state index contributed by atoms with van der Waals surface area (Å²) >= 11 is 0. The molecule has 0 bridgehead atoms. The number of furan rings is 1. The van der Waals surface area contributed by atoms with Crippen molar-refractivity contribution in [1.82, 2.24) is 9.88 Å². The van der Waals surface area contributed by atoms with Crippen LogP contribution in [0, 0.1) is 11.3 Å². The van der Waals surface area contributed by atoms with Gasteiger partial charge >= 0.3 is 0 Å². The molecule has 5 rings (SSSR count).